The maximum absolute atomic E-state index is 12.6. The minimum Gasteiger partial charge on any atom is -0.334 e. The topological polar surface area (TPSA) is 29.1 Å². The summed E-state index contributed by atoms with van der Waals surface area (Å²) in [5.41, 5.74) is 4.48. The Hall–Kier alpha value is -2.87. The summed E-state index contributed by atoms with van der Waals surface area (Å²) in [5.74, 6) is -0.0223. The predicted molar refractivity (Wildman–Crippen MR) is 91.4 cm³/mol. The van der Waals surface area contributed by atoms with Gasteiger partial charge in [0.25, 0.3) is 5.91 Å². The van der Waals surface area contributed by atoms with Gasteiger partial charge in [-0.3, -0.25) is 4.79 Å². The highest BCUT2D eigenvalue weighted by Crippen LogP contribution is 2.42. The molecule has 0 saturated heterocycles. The molecule has 112 valence electrons. The van der Waals surface area contributed by atoms with E-state index in [-0.39, 0.29) is 5.91 Å². The van der Waals surface area contributed by atoms with Crippen LogP contribution in [0.4, 0.5) is 0 Å². The van der Waals surface area contributed by atoms with E-state index in [9.17, 15) is 4.79 Å². The van der Waals surface area contributed by atoms with Crippen LogP contribution in [0.2, 0.25) is 0 Å². The van der Waals surface area contributed by atoms with Crippen molar-refractivity contribution in [2.45, 2.75) is 12.5 Å². The minimum atomic E-state index is -0.624. The molecule has 1 atom stereocenters. The van der Waals surface area contributed by atoms with Crippen molar-refractivity contribution in [1.82, 2.24) is 5.32 Å². The third-order valence-electron chi connectivity index (χ3n) is 4.53. The average molecular weight is 299 g/mol. The van der Waals surface area contributed by atoms with Crippen LogP contribution in [0.1, 0.15) is 32.6 Å². The largest absolute Gasteiger partial charge is 0.334 e. The third kappa shape index (κ3) is 1.99. The van der Waals surface area contributed by atoms with Gasteiger partial charge in [-0.2, -0.15) is 0 Å². The molecule has 0 aliphatic carbocycles. The maximum atomic E-state index is 12.6. The number of fused-ring (bicyclic) bond motifs is 1. The van der Waals surface area contributed by atoms with E-state index in [2.05, 4.69) is 42.6 Å². The molecule has 1 aliphatic heterocycles. The third-order valence-corrected chi connectivity index (χ3v) is 4.53. The van der Waals surface area contributed by atoms with Gasteiger partial charge in [-0.25, -0.2) is 0 Å². The van der Waals surface area contributed by atoms with Crippen molar-refractivity contribution in [1.29, 1.82) is 0 Å². The van der Waals surface area contributed by atoms with Gasteiger partial charge in [-0.05, 0) is 29.7 Å². The molecule has 1 aliphatic rings. The molecule has 2 heteroatoms. The van der Waals surface area contributed by atoms with Crippen LogP contribution < -0.4 is 5.32 Å². The Morgan fingerprint density at radius 1 is 0.783 bits per heavy atom. The second-order valence-electron chi connectivity index (χ2n) is 5.99. The van der Waals surface area contributed by atoms with E-state index in [1.54, 1.807) is 0 Å². The summed E-state index contributed by atoms with van der Waals surface area (Å²) in [6.45, 7) is 2.07. The van der Waals surface area contributed by atoms with Gasteiger partial charge >= 0.3 is 0 Å². The number of aryl methyl sites for hydroxylation is 1. The summed E-state index contributed by atoms with van der Waals surface area (Å²) in [5, 5.41) is 3.25. The predicted octanol–water partition coefficient (Wildman–Crippen LogP) is 4.03. The first-order valence-corrected chi connectivity index (χ1v) is 7.76. The molecule has 0 bridgehead atoms. The monoisotopic (exact) mass is 299 g/mol. The maximum Gasteiger partial charge on any atom is 0.252 e. The standard InChI is InChI=1S/C21H17NO/c1-15-8-7-11-17(14-15)21(16-9-3-2-4-10-16)19-13-6-5-12-18(19)20(23)22-21/h2-14H,1H3,(H,22,23)/t21-/m1/s1. The Bertz CT molecular complexity index is 885. The molecule has 0 aromatic heterocycles. The Morgan fingerprint density at radius 2 is 1.48 bits per heavy atom. The zero-order valence-electron chi connectivity index (χ0n) is 12.9. The van der Waals surface area contributed by atoms with Crippen LogP contribution in [0.5, 0.6) is 0 Å². The SMILES string of the molecule is Cc1cccc([C@@]2(c3ccccc3)NC(=O)c3ccccc32)c1. The molecule has 23 heavy (non-hydrogen) atoms. The van der Waals surface area contributed by atoms with Gasteiger partial charge in [0.1, 0.15) is 5.54 Å². The van der Waals surface area contributed by atoms with Crippen LogP contribution in [-0.2, 0) is 5.54 Å². The van der Waals surface area contributed by atoms with Crippen LogP contribution in [0, 0.1) is 6.92 Å². The Kier molecular flexibility index (Phi) is 3.05. The molecule has 0 radical (unpaired) electrons. The average Bonchev–Trinajstić information content (AvgIpc) is 2.90. The van der Waals surface area contributed by atoms with Crippen molar-refractivity contribution in [3.63, 3.8) is 0 Å². The molecular formula is C21H17NO. The summed E-state index contributed by atoms with van der Waals surface area (Å²) in [6.07, 6.45) is 0. The second-order valence-corrected chi connectivity index (χ2v) is 5.99. The number of nitrogens with one attached hydrogen (secondary N) is 1. The molecule has 1 amide bonds. The van der Waals surface area contributed by atoms with Crippen molar-refractivity contribution >= 4 is 5.91 Å². The lowest BCUT2D eigenvalue weighted by Crippen LogP contribution is -2.41. The molecule has 0 spiro atoms. The smallest absolute Gasteiger partial charge is 0.252 e. The zero-order valence-corrected chi connectivity index (χ0v) is 12.9. The highest BCUT2D eigenvalue weighted by atomic mass is 16.2. The fourth-order valence-corrected chi connectivity index (χ4v) is 3.50. The van der Waals surface area contributed by atoms with Gasteiger partial charge in [-0.15, -0.1) is 0 Å². The van der Waals surface area contributed by atoms with E-state index in [0.29, 0.717) is 0 Å². The van der Waals surface area contributed by atoms with Crippen LogP contribution in [0.15, 0.2) is 78.9 Å². The highest BCUT2D eigenvalue weighted by Gasteiger charge is 2.45. The van der Waals surface area contributed by atoms with Crippen LogP contribution in [0.3, 0.4) is 0 Å². The zero-order chi connectivity index (χ0) is 15.9. The summed E-state index contributed by atoms with van der Waals surface area (Å²) in [6, 6.07) is 26.4. The number of rotatable bonds is 2. The summed E-state index contributed by atoms with van der Waals surface area (Å²) < 4.78 is 0. The minimum absolute atomic E-state index is 0.0223. The molecule has 3 aromatic carbocycles. The molecular weight excluding hydrogens is 282 g/mol. The molecule has 3 aromatic rings. The number of hydrogen-bond acceptors (Lipinski definition) is 1. The number of benzene rings is 3. The van der Waals surface area contributed by atoms with Gasteiger partial charge in [-0.1, -0.05) is 78.4 Å². The van der Waals surface area contributed by atoms with Crippen LogP contribution >= 0.6 is 0 Å². The van der Waals surface area contributed by atoms with Gasteiger partial charge in [0, 0.05) is 5.56 Å². The molecule has 2 nitrogen and oxygen atoms in total. The fraction of sp³-hybridized carbons (Fsp3) is 0.0952. The first-order valence-electron chi connectivity index (χ1n) is 7.76. The van der Waals surface area contributed by atoms with Crippen molar-refractivity contribution in [2.24, 2.45) is 0 Å². The number of carbonyl (C=O) groups is 1. The lowest BCUT2D eigenvalue weighted by atomic mass is 9.77. The molecule has 0 fully saturated rings. The van der Waals surface area contributed by atoms with E-state index in [4.69, 9.17) is 0 Å². The van der Waals surface area contributed by atoms with E-state index < -0.39 is 5.54 Å². The summed E-state index contributed by atoms with van der Waals surface area (Å²) >= 11 is 0. The van der Waals surface area contributed by atoms with E-state index in [1.165, 1.54) is 5.56 Å². The molecule has 1 N–H and O–H groups in total. The fourth-order valence-electron chi connectivity index (χ4n) is 3.50. The molecule has 4 rings (SSSR count). The van der Waals surface area contributed by atoms with Gasteiger partial charge in [0.2, 0.25) is 0 Å². The van der Waals surface area contributed by atoms with Crippen molar-refractivity contribution < 1.29 is 4.79 Å². The van der Waals surface area contributed by atoms with Gasteiger partial charge in [0.05, 0.1) is 0 Å². The van der Waals surface area contributed by atoms with Crippen molar-refractivity contribution in [3.05, 3.63) is 107 Å². The van der Waals surface area contributed by atoms with E-state index >= 15 is 0 Å². The lowest BCUT2D eigenvalue weighted by molar-refractivity contribution is 0.0948. The Morgan fingerprint density at radius 3 is 2.26 bits per heavy atom. The van der Waals surface area contributed by atoms with Crippen molar-refractivity contribution in [3.8, 4) is 0 Å². The number of hydrogen-bond donors (Lipinski definition) is 1. The Labute approximate surface area is 135 Å². The van der Waals surface area contributed by atoms with Crippen molar-refractivity contribution in [2.75, 3.05) is 0 Å². The first-order chi connectivity index (χ1) is 11.2. The highest BCUT2D eigenvalue weighted by molar-refractivity contribution is 6.01. The molecule has 1 heterocycles. The van der Waals surface area contributed by atoms with Crippen LogP contribution in [-0.4, -0.2) is 5.91 Å². The van der Waals surface area contributed by atoms with Crippen LogP contribution in [0.25, 0.3) is 0 Å². The molecule has 0 unspecified atom stereocenters. The Balaban J connectivity index is 2.07. The van der Waals surface area contributed by atoms with E-state index in [1.807, 2.05) is 48.5 Å². The normalized spacial score (nSPS) is 19.3. The van der Waals surface area contributed by atoms with E-state index in [0.717, 1.165) is 22.3 Å². The quantitative estimate of drug-likeness (QED) is 0.760. The lowest BCUT2D eigenvalue weighted by Gasteiger charge is -2.32. The number of carbonyl (C=O) groups excluding carboxylic acids is 1. The second kappa shape index (κ2) is 5.10. The van der Waals surface area contributed by atoms with Gasteiger partial charge < -0.3 is 5.32 Å². The first kappa shape index (κ1) is 13.8. The summed E-state index contributed by atoms with van der Waals surface area (Å²) in [4.78, 5) is 12.6. The number of amides is 1. The molecule has 0 saturated carbocycles. The summed E-state index contributed by atoms with van der Waals surface area (Å²) in [7, 11) is 0. The van der Waals surface area contributed by atoms with Gasteiger partial charge in [0.15, 0.2) is 0 Å².